The number of likely N-dealkylation sites (tertiary alicyclic amines) is 1. The molecule has 0 aromatic heterocycles. The maximum absolute atomic E-state index is 6.10. The summed E-state index contributed by atoms with van der Waals surface area (Å²) < 4.78 is 0. The predicted molar refractivity (Wildman–Crippen MR) is 86.1 cm³/mol. The van der Waals surface area contributed by atoms with Gasteiger partial charge in [0.15, 0.2) is 5.96 Å². The van der Waals surface area contributed by atoms with Crippen LogP contribution in [0, 0.1) is 0 Å². The van der Waals surface area contributed by atoms with Gasteiger partial charge in [0, 0.05) is 19.6 Å². The molecule has 0 aliphatic carbocycles. The molecule has 2 N–H and O–H groups in total. The minimum atomic E-state index is 0.733. The Morgan fingerprint density at radius 2 is 1.65 bits per heavy atom. The summed E-state index contributed by atoms with van der Waals surface area (Å²) in [6.45, 7) is 5.11. The van der Waals surface area contributed by atoms with E-state index in [9.17, 15) is 0 Å². The third-order valence-electron chi connectivity index (χ3n) is 4.04. The lowest BCUT2D eigenvalue weighted by molar-refractivity contribution is 0.428. The van der Waals surface area contributed by atoms with Crippen molar-refractivity contribution in [1.82, 2.24) is 4.90 Å². The molecule has 110 valence electrons. The Labute approximate surface area is 122 Å². The van der Waals surface area contributed by atoms with E-state index < -0.39 is 0 Å². The second kappa shape index (κ2) is 7.93. The van der Waals surface area contributed by atoms with Gasteiger partial charge < -0.3 is 10.6 Å². The molecular formula is C17H27N3. The maximum atomic E-state index is 6.10. The lowest BCUT2D eigenvalue weighted by atomic mass is 10.1. The predicted octanol–water partition coefficient (Wildman–Crippen LogP) is 2.98. The summed E-state index contributed by atoms with van der Waals surface area (Å²) in [4.78, 5) is 6.79. The topological polar surface area (TPSA) is 41.6 Å². The second-order valence-electron chi connectivity index (χ2n) is 5.56. The van der Waals surface area contributed by atoms with Gasteiger partial charge in [-0.25, -0.2) is 0 Å². The van der Waals surface area contributed by atoms with Crippen molar-refractivity contribution in [3.05, 3.63) is 35.4 Å². The van der Waals surface area contributed by atoms with E-state index >= 15 is 0 Å². The van der Waals surface area contributed by atoms with Crippen molar-refractivity contribution in [3.8, 4) is 0 Å². The van der Waals surface area contributed by atoms with Crippen LogP contribution in [0.25, 0.3) is 0 Å². The largest absolute Gasteiger partial charge is 0.370 e. The van der Waals surface area contributed by atoms with Crippen LogP contribution in [0.4, 0.5) is 0 Å². The number of nitrogens with two attached hydrogens (primary N) is 1. The summed E-state index contributed by atoms with van der Waals surface area (Å²) >= 11 is 0. The van der Waals surface area contributed by atoms with Crippen molar-refractivity contribution < 1.29 is 0 Å². The van der Waals surface area contributed by atoms with Crippen molar-refractivity contribution in [1.29, 1.82) is 0 Å². The minimum absolute atomic E-state index is 0.733. The van der Waals surface area contributed by atoms with Gasteiger partial charge in [0.05, 0.1) is 0 Å². The van der Waals surface area contributed by atoms with E-state index in [0.29, 0.717) is 0 Å². The van der Waals surface area contributed by atoms with E-state index in [4.69, 9.17) is 5.73 Å². The molecule has 0 bridgehead atoms. The number of guanidine groups is 1. The summed E-state index contributed by atoms with van der Waals surface area (Å²) in [5.41, 5.74) is 8.84. The van der Waals surface area contributed by atoms with Crippen LogP contribution in [0.15, 0.2) is 29.3 Å². The molecule has 1 fully saturated rings. The van der Waals surface area contributed by atoms with Gasteiger partial charge in [-0.15, -0.1) is 0 Å². The van der Waals surface area contributed by atoms with Gasteiger partial charge in [0.1, 0.15) is 0 Å². The number of hydrogen-bond acceptors (Lipinski definition) is 1. The first-order chi connectivity index (χ1) is 9.79. The number of hydrogen-bond donors (Lipinski definition) is 1. The van der Waals surface area contributed by atoms with Gasteiger partial charge >= 0.3 is 0 Å². The van der Waals surface area contributed by atoms with Crippen molar-refractivity contribution in [2.45, 2.75) is 45.4 Å². The zero-order valence-corrected chi connectivity index (χ0v) is 12.6. The van der Waals surface area contributed by atoms with Crippen LogP contribution in [0.5, 0.6) is 0 Å². The zero-order valence-electron chi connectivity index (χ0n) is 12.6. The van der Waals surface area contributed by atoms with Crippen molar-refractivity contribution >= 4 is 5.96 Å². The third kappa shape index (κ3) is 4.55. The van der Waals surface area contributed by atoms with Crippen molar-refractivity contribution in [2.75, 3.05) is 19.6 Å². The van der Waals surface area contributed by atoms with Gasteiger partial charge in [0.2, 0.25) is 0 Å². The average Bonchev–Trinajstić information content (AvgIpc) is 2.77. The minimum Gasteiger partial charge on any atom is -0.370 e. The molecule has 0 amide bonds. The lowest BCUT2D eigenvalue weighted by Crippen LogP contribution is -2.38. The maximum Gasteiger partial charge on any atom is 0.191 e. The molecule has 2 rings (SSSR count). The highest BCUT2D eigenvalue weighted by molar-refractivity contribution is 5.78. The Bertz CT molecular complexity index is 414. The molecule has 1 aliphatic rings. The molecule has 1 saturated heterocycles. The number of aliphatic imine (C=N–C) groups is 1. The van der Waals surface area contributed by atoms with Gasteiger partial charge in [0.25, 0.3) is 0 Å². The Balaban J connectivity index is 1.81. The van der Waals surface area contributed by atoms with Crippen LogP contribution in [0.3, 0.4) is 0 Å². The second-order valence-corrected chi connectivity index (χ2v) is 5.56. The summed E-state index contributed by atoms with van der Waals surface area (Å²) in [7, 11) is 0. The SMILES string of the molecule is CCc1ccc(CCN=C(N)N2CCCCCC2)cc1. The van der Waals surface area contributed by atoms with Crippen LogP contribution in [-0.2, 0) is 12.8 Å². The Kier molecular flexibility index (Phi) is 5.90. The molecule has 0 atom stereocenters. The number of aryl methyl sites for hydroxylation is 1. The smallest absolute Gasteiger partial charge is 0.191 e. The normalized spacial score (nSPS) is 17.1. The molecule has 20 heavy (non-hydrogen) atoms. The van der Waals surface area contributed by atoms with E-state index in [2.05, 4.69) is 41.1 Å². The molecule has 0 radical (unpaired) electrons. The van der Waals surface area contributed by atoms with E-state index in [1.807, 2.05) is 0 Å². The van der Waals surface area contributed by atoms with Crippen LogP contribution in [-0.4, -0.2) is 30.5 Å². The molecule has 1 heterocycles. The first kappa shape index (κ1) is 14.9. The fourth-order valence-electron chi connectivity index (χ4n) is 2.64. The highest BCUT2D eigenvalue weighted by Gasteiger charge is 2.10. The highest BCUT2D eigenvalue weighted by atomic mass is 15.2. The average molecular weight is 273 g/mol. The van der Waals surface area contributed by atoms with Crippen LogP contribution >= 0.6 is 0 Å². The Morgan fingerprint density at radius 1 is 1.05 bits per heavy atom. The van der Waals surface area contributed by atoms with Gasteiger partial charge in [-0.3, -0.25) is 4.99 Å². The van der Waals surface area contributed by atoms with Crippen LogP contribution < -0.4 is 5.73 Å². The standard InChI is InChI=1S/C17H27N3/c1-2-15-7-9-16(10-8-15)11-12-19-17(18)20-13-5-3-4-6-14-20/h7-10H,2-6,11-14H2,1H3,(H2,18,19). The molecule has 0 saturated carbocycles. The van der Waals surface area contributed by atoms with Gasteiger partial charge in [-0.05, 0) is 36.8 Å². The summed E-state index contributed by atoms with van der Waals surface area (Å²) in [5.74, 6) is 0.733. The first-order valence-corrected chi connectivity index (χ1v) is 7.92. The molecule has 3 nitrogen and oxygen atoms in total. The first-order valence-electron chi connectivity index (χ1n) is 7.92. The lowest BCUT2D eigenvalue weighted by Gasteiger charge is -2.21. The number of benzene rings is 1. The molecule has 1 aliphatic heterocycles. The summed E-state index contributed by atoms with van der Waals surface area (Å²) in [6, 6.07) is 8.82. The summed E-state index contributed by atoms with van der Waals surface area (Å²) in [6.07, 6.45) is 7.21. The quantitative estimate of drug-likeness (QED) is 0.677. The van der Waals surface area contributed by atoms with E-state index in [1.54, 1.807) is 0 Å². The Morgan fingerprint density at radius 3 is 2.25 bits per heavy atom. The molecule has 0 spiro atoms. The molecule has 3 heteroatoms. The van der Waals surface area contributed by atoms with Gasteiger partial charge in [-0.1, -0.05) is 44.0 Å². The zero-order chi connectivity index (χ0) is 14.2. The van der Waals surface area contributed by atoms with Gasteiger partial charge in [-0.2, -0.15) is 0 Å². The molecule has 0 unspecified atom stereocenters. The molecular weight excluding hydrogens is 246 g/mol. The van der Waals surface area contributed by atoms with E-state index in [-0.39, 0.29) is 0 Å². The highest BCUT2D eigenvalue weighted by Crippen LogP contribution is 2.09. The van der Waals surface area contributed by atoms with Crippen molar-refractivity contribution in [3.63, 3.8) is 0 Å². The fraction of sp³-hybridized carbons (Fsp3) is 0.588. The third-order valence-corrected chi connectivity index (χ3v) is 4.04. The Hall–Kier alpha value is -1.51. The van der Waals surface area contributed by atoms with Crippen LogP contribution in [0.1, 0.15) is 43.7 Å². The monoisotopic (exact) mass is 273 g/mol. The fourth-order valence-corrected chi connectivity index (χ4v) is 2.64. The van der Waals surface area contributed by atoms with Crippen LogP contribution in [0.2, 0.25) is 0 Å². The number of nitrogens with zero attached hydrogens (tertiary/aromatic N) is 2. The molecule has 1 aromatic carbocycles. The molecule has 1 aromatic rings. The van der Waals surface area contributed by atoms with E-state index in [0.717, 1.165) is 38.4 Å². The number of rotatable bonds is 4. The van der Waals surface area contributed by atoms with E-state index in [1.165, 1.54) is 36.8 Å². The summed E-state index contributed by atoms with van der Waals surface area (Å²) in [5, 5.41) is 0. The van der Waals surface area contributed by atoms with Crippen molar-refractivity contribution in [2.24, 2.45) is 10.7 Å².